The highest BCUT2D eigenvalue weighted by Crippen LogP contribution is 2.37. The molecule has 0 aromatic carbocycles. The first kappa shape index (κ1) is 70.0. The van der Waals surface area contributed by atoms with E-state index >= 15 is 0 Å². The Kier molecular flexibility index (Phi) is 25.6. The number of aliphatic hydroxyl groups excluding tert-OH is 2. The number of carbonyl (C=O) groups excluding carboxylic acids is 4. The number of esters is 4. The van der Waals surface area contributed by atoms with Crippen LogP contribution in [0.5, 0.6) is 0 Å². The number of carbonyl (C=O) groups is 4. The topological polar surface area (TPSA) is 402 Å². The molecular formula is C50H63F4IN8O22. The van der Waals surface area contributed by atoms with Crippen LogP contribution >= 0.6 is 22.6 Å². The maximum atomic E-state index is 14.8. The summed E-state index contributed by atoms with van der Waals surface area (Å²) >= 11 is 1.73. The number of ether oxygens (including phenoxy) is 8. The van der Waals surface area contributed by atoms with Crippen LogP contribution in [0.15, 0.2) is 81.4 Å². The van der Waals surface area contributed by atoms with Crippen LogP contribution < -0.4 is 45.0 Å². The molecule has 470 valence electrons. The lowest BCUT2D eigenvalue weighted by atomic mass is 10.1. The minimum Gasteiger partial charge on any atom is -0.466 e. The molecular weight excluding hydrogens is 1270 g/mol. The first-order valence-electron chi connectivity index (χ1n) is 25.3. The summed E-state index contributed by atoms with van der Waals surface area (Å²) in [6, 6.07) is 2.13. The monoisotopic (exact) mass is 1330 g/mol. The Labute approximate surface area is 489 Å². The van der Waals surface area contributed by atoms with Crippen molar-refractivity contribution >= 4 is 52.5 Å². The number of aliphatic hydroxyl groups is 2. The summed E-state index contributed by atoms with van der Waals surface area (Å²) < 4.78 is 102. The van der Waals surface area contributed by atoms with Gasteiger partial charge in [0.25, 0.3) is 22.2 Å². The van der Waals surface area contributed by atoms with Gasteiger partial charge in [-0.1, -0.05) is 28.2 Å². The molecule has 0 spiro atoms. The van der Waals surface area contributed by atoms with Gasteiger partial charge in [0, 0.05) is 63.8 Å². The average molecular weight is 1330 g/mol. The van der Waals surface area contributed by atoms with Crippen molar-refractivity contribution in [1.82, 2.24) is 38.2 Å². The van der Waals surface area contributed by atoms with Crippen molar-refractivity contribution in [3.63, 3.8) is 0 Å². The quantitative estimate of drug-likeness (QED) is 0.0334. The Bertz CT molecular complexity index is 3510. The molecule has 0 radical (unpaired) electrons. The van der Waals surface area contributed by atoms with Crippen LogP contribution in [0, 0.1) is 3.57 Å². The van der Waals surface area contributed by atoms with Crippen molar-refractivity contribution < 1.29 is 84.8 Å². The summed E-state index contributed by atoms with van der Waals surface area (Å²) in [5, 5.41) is 18.2. The summed E-state index contributed by atoms with van der Waals surface area (Å²) in [5.74, 6) is -2.61. The standard InChI is InChI=1S/C16H19FN2O7.C12H14FIN2O5.C12H15FN2O5.C9H11FN2O5.CH4/c1-4-10-13(25-8(2)20)12(17)15(26-10)19-7-9(5-6-11(21)24-3)14(22)18-16(19)23;1-3-7-9(20-5(2)17)8(13)11(21-7)16-4-6(14)10(18)15-12(16)19;1-3-7-10(19-6(2)16)9(13)11(20-7)15-5-4-8(17)14-12(15)18;10-6-7(15)4(3-13)17-8(6)12-2-1-5(14)11-9(12)16;/h5-7,10,12-13,15H,4H2,1-3H3,(H,18,22,23);4,7-9,11H,3H2,1-2H3,(H,15,18,19);4-5,7,9-11H,3H2,1-2H3,(H,14,17,18);1-2,4,6-8,13,15H,3H2,(H,11,14,16);1H4/b6-5+;;;;/t10-,12+,13?,15-;7-,8+,9?,11-;7-,9+,10?,11-;4-,6+,7?,8-;/m1111./s1. The van der Waals surface area contributed by atoms with E-state index in [0.29, 0.717) is 19.3 Å². The molecule has 85 heavy (non-hydrogen) atoms. The molecule has 35 heteroatoms. The lowest BCUT2D eigenvalue weighted by molar-refractivity contribution is -0.152. The number of halogens is 5. The highest BCUT2D eigenvalue weighted by molar-refractivity contribution is 14.1. The third-order valence-electron chi connectivity index (χ3n) is 12.7. The minimum atomic E-state index is -1.85. The van der Waals surface area contributed by atoms with Gasteiger partial charge in [0.2, 0.25) is 0 Å². The summed E-state index contributed by atoms with van der Waals surface area (Å²) in [4.78, 5) is 144. The molecule has 4 aliphatic rings. The Morgan fingerprint density at radius 1 is 0.576 bits per heavy atom. The van der Waals surface area contributed by atoms with Crippen molar-refractivity contribution in [2.24, 2.45) is 0 Å². The fourth-order valence-electron chi connectivity index (χ4n) is 8.75. The van der Waals surface area contributed by atoms with E-state index in [1.165, 1.54) is 20.0 Å². The molecule has 6 N–H and O–H groups in total. The number of rotatable bonds is 13. The zero-order valence-electron chi connectivity index (χ0n) is 45.4. The van der Waals surface area contributed by atoms with E-state index in [2.05, 4.69) is 9.72 Å². The van der Waals surface area contributed by atoms with Crippen LogP contribution in [0.1, 0.15) is 98.7 Å². The second-order valence-electron chi connectivity index (χ2n) is 18.4. The summed E-state index contributed by atoms with van der Waals surface area (Å²) in [6.07, 6.45) is -12.4. The molecule has 4 aromatic heterocycles. The summed E-state index contributed by atoms with van der Waals surface area (Å²) in [5.41, 5.74) is -5.85. The van der Waals surface area contributed by atoms with Gasteiger partial charge in [-0.2, -0.15) is 0 Å². The predicted octanol–water partition coefficient (Wildman–Crippen LogP) is -0.106. The molecule has 4 saturated heterocycles. The van der Waals surface area contributed by atoms with E-state index in [0.717, 1.165) is 75.2 Å². The average Bonchev–Trinajstić information content (AvgIpc) is 2.73. The number of methoxy groups -OCH3 is 1. The lowest BCUT2D eigenvalue weighted by Crippen LogP contribution is -2.38. The molecule has 4 unspecified atom stereocenters. The van der Waals surface area contributed by atoms with Crippen LogP contribution in [-0.4, -0.2) is 160 Å². The first-order valence-corrected chi connectivity index (χ1v) is 26.4. The SMILES string of the molecule is C.CC[C@H]1O[C@@H](n2cc(/C=C/C(=O)OC)c(=O)[nH]c2=O)[C@@H](F)C1OC(C)=O.CC[C@H]1O[C@@H](n2cc(I)c(=O)[nH]c2=O)[C@@H](F)C1OC(C)=O.CC[C@H]1O[C@@H](n2ccc(=O)[nH]c2=O)[C@@H](F)C1OC(C)=O.O=c1ccn([C@@H]2O[C@H](CO)C(O)[C@@H]2F)c(=O)[nH]1. The van der Waals surface area contributed by atoms with Crippen molar-refractivity contribution in [2.75, 3.05) is 13.7 Å². The van der Waals surface area contributed by atoms with E-state index in [4.69, 9.17) is 38.3 Å². The van der Waals surface area contributed by atoms with E-state index in [1.807, 2.05) is 15.0 Å². The van der Waals surface area contributed by atoms with Gasteiger partial charge in [0.15, 0.2) is 67.9 Å². The Morgan fingerprint density at radius 2 is 0.929 bits per heavy atom. The number of nitrogens with zero attached hydrogens (tertiary/aromatic N) is 4. The van der Waals surface area contributed by atoms with Crippen molar-refractivity contribution in [1.29, 1.82) is 0 Å². The normalized spacial score (nSPS) is 28.3. The molecule has 4 fully saturated rings. The molecule has 16 atom stereocenters. The number of alkyl halides is 4. The number of hydrogen-bond donors (Lipinski definition) is 6. The molecule has 0 saturated carbocycles. The maximum absolute atomic E-state index is 14.8. The predicted molar refractivity (Wildman–Crippen MR) is 292 cm³/mol. The van der Waals surface area contributed by atoms with E-state index in [1.54, 1.807) is 43.4 Å². The summed E-state index contributed by atoms with van der Waals surface area (Å²) in [6.45, 7) is 8.18. The van der Waals surface area contributed by atoms with Crippen LogP contribution in [0.2, 0.25) is 0 Å². The fourth-order valence-corrected chi connectivity index (χ4v) is 9.19. The zero-order valence-corrected chi connectivity index (χ0v) is 47.6. The van der Waals surface area contributed by atoms with E-state index in [-0.39, 0.29) is 16.6 Å². The molecule has 0 aliphatic carbocycles. The van der Waals surface area contributed by atoms with Gasteiger partial charge in [0.1, 0.15) is 30.5 Å². The third kappa shape index (κ3) is 17.1. The van der Waals surface area contributed by atoms with Crippen molar-refractivity contribution in [2.45, 2.75) is 167 Å². The number of nitrogens with one attached hydrogen (secondary N) is 4. The van der Waals surface area contributed by atoms with E-state index in [9.17, 15) is 80.2 Å². The van der Waals surface area contributed by atoms with Gasteiger partial charge in [-0.15, -0.1) is 0 Å². The highest BCUT2D eigenvalue weighted by Gasteiger charge is 2.50. The smallest absolute Gasteiger partial charge is 0.330 e. The number of hydrogen-bond acceptors (Lipinski definition) is 22. The Balaban J connectivity index is 0.000000244. The zero-order chi connectivity index (χ0) is 62.6. The first-order chi connectivity index (χ1) is 39.6. The third-order valence-corrected chi connectivity index (χ3v) is 13.5. The largest absolute Gasteiger partial charge is 0.466 e. The lowest BCUT2D eigenvalue weighted by Gasteiger charge is -2.17. The van der Waals surface area contributed by atoms with Crippen LogP contribution in [0.4, 0.5) is 17.6 Å². The molecule has 0 amide bonds. The molecule has 8 heterocycles. The van der Waals surface area contributed by atoms with Gasteiger partial charge in [-0.3, -0.25) is 71.8 Å². The highest BCUT2D eigenvalue weighted by atomic mass is 127. The fraction of sp³-hybridized carbons (Fsp3) is 0.560. The second-order valence-corrected chi connectivity index (χ2v) is 19.6. The minimum absolute atomic E-state index is 0. The van der Waals surface area contributed by atoms with Crippen LogP contribution in [-0.2, 0) is 57.1 Å². The van der Waals surface area contributed by atoms with Gasteiger partial charge >= 0.3 is 46.6 Å². The molecule has 0 bridgehead atoms. The van der Waals surface area contributed by atoms with Gasteiger partial charge in [0.05, 0.1) is 22.9 Å². The molecule has 30 nitrogen and oxygen atoms in total. The van der Waals surface area contributed by atoms with Crippen LogP contribution in [0.3, 0.4) is 0 Å². The molecule has 4 aliphatic heterocycles. The maximum Gasteiger partial charge on any atom is 0.330 e. The molecule has 8 rings (SSSR count). The number of H-pyrrole nitrogens is 4. The van der Waals surface area contributed by atoms with Gasteiger partial charge in [-0.25, -0.2) is 41.5 Å². The van der Waals surface area contributed by atoms with Gasteiger partial charge < -0.3 is 48.1 Å². The van der Waals surface area contributed by atoms with Crippen LogP contribution in [0.25, 0.3) is 6.08 Å². The number of aromatic amines is 4. The Morgan fingerprint density at radius 3 is 1.28 bits per heavy atom. The summed E-state index contributed by atoms with van der Waals surface area (Å²) in [7, 11) is 1.16. The number of aromatic nitrogens is 8. The van der Waals surface area contributed by atoms with Crippen molar-refractivity contribution in [3.8, 4) is 0 Å². The molecule has 4 aromatic rings. The second kappa shape index (κ2) is 31.1. The van der Waals surface area contributed by atoms with Gasteiger partial charge in [-0.05, 0) is 47.9 Å². The van der Waals surface area contributed by atoms with E-state index < -0.39 is 174 Å². The van der Waals surface area contributed by atoms with Crippen molar-refractivity contribution in [3.05, 3.63) is 135 Å². The Hall–Kier alpha value is -7.45.